The quantitative estimate of drug-likeness (QED) is 0.576. The Labute approximate surface area is 163 Å². The lowest BCUT2D eigenvalue weighted by atomic mass is 9.82. The summed E-state index contributed by atoms with van der Waals surface area (Å²) in [6.45, 7) is 4.66. The third kappa shape index (κ3) is 3.02. The van der Waals surface area contributed by atoms with Crippen LogP contribution < -0.4 is 5.32 Å². The second kappa shape index (κ2) is 6.74. The fraction of sp³-hybridized carbons (Fsp3) is 0.333. The van der Waals surface area contributed by atoms with E-state index in [1.54, 1.807) is 0 Å². The SMILES string of the molecule is Cc1cc(C2CCC2)n2nc(NCc3cn(-c4ccccc4)nc3C)nc2n1. The summed E-state index contributed by atoms with van der Waals surface area (Å²) in [5.74, 6) is 1.84. The lowest BCUT2D eigenvalue weighted by Crippen LogP contribution is -2.14. The van der Waals surface area contributed by atoms with Crippen molar-refractivity contribution in [2.24, 2.45) is 0 Å². The molecule has 0 unspecified atom stereocenters. The Balaban J connectivity index is 1.38. The molecule has 7 nitrogen and oxygen atoms in total. The van der Waals surface area contributed by atoms with Crippen LogP contribution in [0, 0.1) is 13.8 Å². The molecule has 0 radical (unpaired) electrons. The normalized spacial score (nSPS) is 14.4. The Hall–Kier alpha value is -3.22. The van der Waals surface area contributed by atoms with E-state index in [0.29, 0.717) is 24.2 Å². The number of hydrogen-bond donors (Lipinski definition) is 1. The lowest BCUT2D eigenvalue weighted by molar-refractivity contribution is 0.403. The molecule has 1 aliphatic rings. The Morgan fingerprint density at radius 2 is 1.89 bits per heavy atom. The van der Waals surface area contributed by atoms with Gasteiger partial charge in [-0.05, 0) is 44.9 Å². The summed E-state index contributed by atoms with van der Waals surface area (Å²) in [5, 5.41) is 12.6. The molecule has 0 saturated heterocycles. The number of benzene rings is 1. The number of fused-ring (bicyclic) bond motifs is 1. The van der Waals surface area contributed by atoms with Crippen LogP contribution in [0.5, 0.6) is 0 Å². The van der Waals surface area contributed by atoms with E-state index in [-0.39, 0.29) is 0 Å². The molecule has 5 rings (SSSR count). The molecular formula is C21H23N7. The van der Waals surface area contributed by atoms with Crippen LogP contribution in [-0.4, -0.2) is 29.4 Å². The zero-order chi connectivity index (χ0) is 19.1. The van der Waals surface area contributed by atoms with Crippen molar-refractivity contribution in [2.45, 2.75) is 45.6 Å². The number of hydrogen-bond acceptors (Lipinski definition) is 5. The highest BCUT2D eigenvalue weighted by atomic mass is 15.4. The summed E-state index contributed by atoms with van der Waals surface area (Å²) in [6.07, 6.45) is 5.78. The van der Waals surface area contributed by atoms with Gasteiger partial charge in [-0.1, -0.05) is 24.6 Å². The average molecular weight is 373 g/mol. The second-order valence-electron chi connectivity index (χ2n) is 7.47. The number of nitrogens with one attached hydrogen (secondary N) is 1. The monoisotopic (exact) mass is 373 g/mol. The van der Waals surface area contributed by atoms with Crippen molar-refractivity contribution in [1.82, 2.24) is 29.4 Å². The number of aromatic nitrogens is 6. The fourth-order valence-electron chi connectivity index (χ4n) is 3.64. The first-order valence-corrected chi connectivity index (χ1v) is 9.76. The first-order chi connectivity index (χ1) is 13.7. The Bertz CT molecular complexity index is 1120. The van der Waals surface area contributed by atoms with Crippen molar-refractivity contribution in [3.63, 3.8) is 0 Å². The number of aryl methyl sites for hydroxylation is 2. The molecule has 0 atom stereocenters. The second-order valence-corrected chi connectivity index (χ2v) is 7.47. The van der Waals surface area contributed by atoms with Crippen LogP contribution in [0.25, 0.3) is 11.5 Å². The molecule has 0 bridgehead atoms. The van der Waals surface area contributed by atoms with E-state index in [1.165, 1.54) is 25.0 Å². The third-order valence-electron chi connectivity index (χ3n) is 5.45. The number of nitrogens with zero attached hydrogens (tertiary/aromatic N) is 6. The molecule has 0 amide bonds. The van der Waals surface area contributed by atoms with Gasteiger partial charge >= 0.3 is 0 Å². The topological polar surface area (TPSA) is 72.9 Å². The molecule has 0 spiro atoms. The Kier molecular flexibility index (Phi) is 4.07. The van der Waals surface area contributed by atoms with Gasteiger partial charge in [0, 0.05) is 29.9 Å². The standard InChI is InChI=1S/C21H23N7/c1-14-11-19(16-7-6-8-16)28-21(23-14)24-20(26-28)22-12-17-13-27(25-15(17)2)18-9-4-3-5-10-18/h3-5,9-11,13,16H,6-8,12H2,1-2H3,(H,22,26). The van der Waals surface area contributed by atoms with Crippen LogP contribution in [0.15, 0.2) is 42.6 Å². The van der Waals surface area contributed by atoms with Gasteiger partial charge in [-0.15, -0.1) is 5.10 Å². The summed E-state index contributed by atoms with van der Waals surface area (Å²) in [7, 11) is 0. The van der Waals surface area contributed by atoms with Gasteiger partial charge in [0.25, 0.3) is 5.78 Å². The minimum absolute atomic E-state index is 0.574. The smallest absolute Gasteiger partial charge is 0.254 e. The molecule has 1 fully saturated rings. The number of para-hydroxylation sites is 1. The van der Waals surface area contributed by atoms with Crippen molar-refractivity contribution in [3.8, 4) is 5.69 Å². The van der Waals surface area contributed by atoms with Gasteiger partial charge in [0.2, 0.25) is 5.95 Å². The molecule has 28 heavy (non-hydrogen) atoms. The lowest BCUT2D eigenvalue weighted by Gasteiger charge is -2.25. The van der Waals surface area contributed by atoms with Gasteiger partial charge in [0.1, 0.15) is 0 Å². The number of anilines is 1. The molecule has 1 aliphatic carbocycles. The third-order valence-corrected chi connectivity index (χ3v) is 5.45. The highest BCUT2D eigenvalue weighted by molar-refractivity contribution is 5.41. The summed E-state index contributed by atoms with van der Waals surface area (Å²) in [4.78, 5) is 9.13. The Morgan fingerprint density at radius 1 is 1.07 bits per heavy atom. The zero-order valence-corrected chi connectivity index (χ0v) is 16.1. The van der Waals surface area contributed by atoms with Crippen LogP contribution in [0.4, 0.5) is 5.95 Å². The molecule has 4 aromatic rings. The summed E-state index contributed by atoms with van der Waals surface area (Å²) in [6, 6.07) is 12.3. The predicted octanol–water partition coefficient (Wildman–Crippen LogP) is 3.81. The van der Waals surface area contributed by atoms with Gasteiger partial charge in [-0.25, -0.2) is 9.67 Å². The van der Waals surface area contributed by atoms with Gasteiger partial charge in [0.15, 0.2) is 0 Å². The fourth-order valence-corrected chi connectivity index (χ4v) is 3.64. The van der Waals surface area contributed by atoms with Crippen molar-refractivity contribution in [2.75, 3.05) is 5.32 Å². The minimum Gasteiger partial charge on any atom is -0.349 e. The molecule has 1 aromatic carbocycles. The first kappa shape index (κ1) is 16.9. The van der Waals surface area contributed by atoms with Crippen LogP contribution in [0.1, 0.15) is 47.8 Å². The maximum absolute atomic E-state index is 4.67. The van der Waals surface area contributed by atoms with Crippen molar-refractivity contribution >= 4 is 11.7 Å². The van der Waals surface area contributed by atoms with E-state index in [0.717, 1.165) is 22.6 Å². The summed E-state index contributed by atoms with van der Waals surface area (Å²) >= 11 is 0. The molecule has 1 saturated carbocycles. The van der Waals surface area contributed by atoms with Crippen LogP contribution >= 0.6 is 0 Å². The number of rotatable bonds is 5. The molecule has 0 aliphatic heterocycles. The first-order valence-electron chi connectivity index (χ1n) is 9.76. The van der Waals surface area contributed by atoms with Gasteiger partial charge < -0.3 is 5.32 Å². The van der Waals surface area contributed by atoms with E-state index in [4.69, 9.17) is 0 Å². The van der Waals surface area contributed by atoms with E-state index >= 15 is 0 Å². The van der Waals surface area contributed by atoms with Gasteiger partial charge in [-0.2, -0.15) is 14.6 Å². The van der Waals surface area contributed by atoms with Gasteiger partial charge in [-0.3, -0.25) is 0 Å². The highest BCUT2D eigenvalue weighted by Crippen LogP contribution is 2.36. The van der Waals surface area contributed by atoms with E-state index in [1.807, 2.05) is 53.4 Å². The summed E-state index contributed by atoms with van der Waals surface area (Å²) < 4.78 is 3.81. The molecule has 3 aromatic heterocycles. The van der Waals surface area contributed by atoms with Crippen LogP contribution in [0.3, 0.4) is 0 Å². The average Bonchev–Trinajstić information content (AvgIpc) is 3.22. The Morgan fingerprint density at radius 3 is 2.64 bits per heavy atom. The van der Waals surface area contributed by atoms with Gasteiger partial charge in [0.05, 0.1) is 17.1 Å². The van der Waals surface area contributed by atoms with E-state index in [9.17, 15) is 0 Å². The van der Waals surface area contributed by atoms with Crippen LogP contribution in [-0.2, 0) is 6.54 Å². The maximum atomic E-state index is 4.67. The van der Waals surface area contributed by atoms with Crippen LogP contribution in [0.2, 0.25) is 0 Å². The zero-order valence-electron chi connectivity index (χ0n) is 16.1. The van der Waals surface area contributed by atoms with E-state index < -0.39 is 0 Å². The predicted molar refractivity (Wildman–Crippen MR) is 108 cm³/mol. The molecular weight excluding hydrogens is 350 g/mol. The largest absolute Gasteiger partial charge is 0.349 e. The molecule has 142 valence electrons. The van der Waals surface area contributed by atoms with Crippen molar-refractivity contribution in [3.05, 3.63) is 65.2 Å². The minimum atomic E-state index is 0.574. The van der Waals surface area contributed by atoms with Crippen molar-refractivity contribution in [1.29, 1.82) is 0 Å². The maximum Gasteiger partial charge on any atom is 0.254 e. The highest BCUT2D eigenvalue weighted by Gasteiger charge is 2.24. The van der Waals surface area contributed by atoms with E-state index in [2.05, 4.69) is 37.7 Å². The van der Waals surface area contributed by atoms with Crippen molar-refractivity contribution < 1.29 is 0 Å². The molecule has 3 heterocycles. The summed E-state index contributed by atoms with van der Waals surface area (Å²) in [5.41, 5.74) is 5.37. The molecule has 7 heteroatoms. The molecule has 1 N–H and O–H groups in total.